The fourth-order valence-electron chi connectivity index (χ4n) is 3.05. The van der Waals surface area contributed by atoms with Gasteiger partial charge < -0.3 is 10.4 Å². The van der Waals surface area contributed by atoms with Crippen molar-refractivity contribution in [3.05, 3.63) is 30.1 Å². The molecule has 1 heterocycles. The average Bonchev–Trinajstić information content (AvgIpc) is 2.47. The lowest BCUT2D eigenvalue weighted by atomic mass is 9.83. The zero-order chi connectivity index (χ0) is 13.5. The van der Waals surface area contributed by atoms with Gasteiger partial charge in [-0.3, -0.25) is 4.98 Å². The van der Waals surface area contributed by atoms with E-state index in [-0.39, 0.29) is 0 Å². The summed E-state index contributed by atoms with van der Waals surface area (Å²) < 4.78 is 0. The summed E-state index contributed by atoms with van der Waals surface area (Å²) >= 11 is 0. The van der Waals surface area contributed by atoms with Crippen LogP contribution in [0.15, 0.2) is 24.5 Å². The summed E-state index contributed by atoms with van der Waals surface area (Å²) in [6.45, 7) is 2.92. The molecule has 19 heavy (non-hydrogen) atoms. The third kappa shape index (κ3) is 4.59. The number of aromatic nitrogens is 1. The van der Waals surface area contributed by atoms with Crippen molar-refractivity contribution in [2.75, 3.05) is 6.54 Å². The Labute approximate surface area is 116 Å². The molecule has 3 nitrogen and oxygen atoms in total. The molecule has 1 aliphatic carbocycles. The summed E-state index contributed by atoms with van der Waals surface area (Å²) in [5.74, 6) is 0.938. The minimum absolute atomic E-state index is 0.420. The number of nitrogens with zero attached hydrogens (tertiary/aromatic N) is 1. The van der Waals surface area contributed by atoms with Crippen molar-refractivity contribution in [1.29, 1.82) is 0 Å². The minimum atomic E-state index is -0.420. The molecule has 2 rings (SSSR count). The van der Waals surface area contributed by atoms with Gasteiger partial charge in [0.2, 0.25) is 0 Å². The maximum absolute atomic E-state index is 10.1. The van der Waals surface area contributed by atoms with Crippen molar-refractivity contribution >= 4 is 0 Å². The molecular formula is C16H26N2O. The second-order valence-corrected chi connectivity index (χ2v) is 5.71. The first kappa shape index (κ1) is 14.5. The second kappa shape index (κ2) is 7.61. The van der Waals surface area contributed by atoms with Gasteiger partial charge in [-0.1, -0.05) is 19.8 Å². The summed E-state index contributed by atoms with van der Waals surface area (Å²) in [5, 5.41) is 13.6. The highest BCUT2D eigenvalue weighted by atomic mass is 16.3. The van der Waals surface area contributed by atoms with Crippen LogP contribution in [-0.2, 0) is 0 Å². The Morgan fingerprint density at radius 3 is 2.58 bits per heavy atom. The first-order chi connectivity index (χ1) is 9.29. The molecular weight excluding hydrogens is 236 g/mol. The molecule has 0 aliphatic heterocycles. The maximum Gasteiger partial charge on any atom is 0.0915 e. The molecule has 0 bridgehead atoms. The first-order valence-electron chi connectivity index (χ1n) is 7.61. The predicted octanol–water partition coefficient (Wildman–Crippen LogP) is 3.06. The minimum Gasteiger partial charge on any atom is -0.387 e. The van der Waals surface area contributed by atoms with Crippen LogP contribution in [-0.4, -0.2) is 22.7 Å². The highest BCUT2D eigenvalue weighted by Crippen LogP contribution is 2.27. The zero-order valence-electron chi connectivity index (χ0n) is 11.9. The van der Waals surface area contributed by atoms with E-state index < -0.39 is 6.10 Å². The Hall–Kier alpha value is -0.930. The average molecular weight is 262 g/mol. The molecule has 1 saturated carbocycles. The molecule has 3 heteroatoms. The van der Waals surface area contributed by atoms with Gasteiger partial charge in [0.1, 0.15) is 0 Å². The molecule has 1 unspecified atom stereocenters. The van der Waals surface area contributed by atoms with Crippen molar-refractivity contribution in [2.24, 2.45) is 5.92 Å². The van der Waals surface area contributed by atoms with Crippen LogP contribution in [0.4, 0.5) is 0 Å². The van der Waals surface area contributed by atoms with Gasteiger partial charge in [0.25, 0.3) is 0 Å². The van der Waals surface area contributed by atoms with Gasteiger partial charge in [0.15, 0.2) is 0 Å². The van der Waals surface area contributed by atoms with Crippen molar-refractivity contribution < 1.29 is 5.11 Å². The van der Waals surface area contributed by atoms with E-state index in [9.17, 15) is 5.11 Å². The Bertz CT molecular complexity index is 347. The fraction of sp³-hybridized carbons (Fsp3) is 0.688. The van der Waals surface area contributed by atoms with Crippen LogP contribution in [0.1, 0.15) is 57.1 Å². The van der Waals surface area contributed by atoms with Crippen molar-refractivity contribution in [3.8, 4) is 0 Å². The van der Waals surface area contributed by atoms with Gasteiger partial charge in [-0.05, 0) is 49.3 Å². The topological polar surface area (TPSA) is 45.1 Å². The number of aliphatic hydroxyl groups is 1. The van der Waals surface area contributed by atoms with Gasteiger partial charge in [0.05, 0.1) is 6.10 Å². The molecule has 0 spiro atoms. The molecule has 0 saturated heterocycles. The highest BCUT2D eigenvalue weighted by Gasteiger charge is 2.20. The van der Waals surface area contributed by atoms with Crippen molar-refractivity contribution in [1.82, 2.24) is 10.3 Å². The van der Waals surface area contributed by atoms with Gasteiger partial charge >= 0.3 is 0 Å². The number of rotatable bonds is 6. The number of nitrogens with one attached hydrogen (secondary N) is 1. The van der Waals surface area contributed by atoms with E-state index in [0.29, 0.717) is 12.6 Å². The summed E-state index contributed by atoms with van der Waals surface area (Å²) in [6.07, 6.45) is 10.9. The molecule has 2 N–H and O–H groups in total. The smallest absolute Gasteiger partial charge is 0.0915 e. The Morgan fingerprint density at radius 2 is 1.95 bits per heavy atom. The molecule has 0 radical (unpaired) electrons. The molecule has 0 aromatic carbocycles. The van der Waals surface area contributed by atoms with Crippen LogP contribution in [0, 0.1) is 5.92 Å². The quantitative estimate of drug-likeness (QED) is 0.828. The predicted molar refractivity (Wildman–Crippen MR) is 77.9 cm³/mol. The standard InChI is InChI=1S/C16H26N2O/c1-2-3-13-4-6-15(7-5-13)18-12-16(19)14-8-10-17-11-9-14/h8-11,13,15-16,18-19H,2-7,12H2,1H3. The zero-order valence-corrected chi connectivity index (χ0v) is 11.9. The Balaban J connectivity index is 1.69. The second-order valence-electron chi connectivity index (χ2n) is 5.71. The van der Waals surface area contributed by atoms with Crippen molar-refractivity contribution in [3.63, 3.8) is 0 Å². The summed E-state index contributed by atoms with van der Waals surface area (Å²) in [7, 11) is 0. The fourth-order valence-corrected chi connectivity index (χ4v) is 3.05. The van der Waals surface area contributed by atoms with Crippen LogP contribution in [0.25, 0.3) is 0 Å². The number of hydrogen-bond donors (Lipinski definition) is 2. The van der Waals surface area contributed by atoms with Crippen LogP contribution in [0.5, 0.6) is 0 Å². The Morgan fingerprint density at radius 1 is 1.26 bits per heavy atom. The third-order valence-corrected chi connectivity index (χ3v) is 4.23. The van der Waals surface area contributed by atoms with Gasteiger partial charge in [-0.15, -0.1) is 0 Å². The molecule has 1 aliphatic rings. The normalized spacial score (nSPS) is 25.2. The molecule has 1 fully saturated rings. The summed E-state index contributed by atoms with van der Waals surface area (Å²) in [5.41, 5.74) is 0.946. The first-order valence-corrected chi connectivity index (χ1v) is 7.61. The monoisotopic (exact) mass is 262 g/mol. The number of hydrogen-bond acceptors (Lipinski definition) is 3. The number of aliphatic hydroxyl groups excluding tert-OH is 1. The Kier molecular flexibility index (Phi) is 5.80. The van der Waals surface area contributed by atoms with E-state index in [0.717, 1.165) is 11.5 Å². The maximum atomic E-state index is 10.1. The van der Waals surface area contributed by atoms with E-state index in [1.807, 2.05) is 12.1 Å². The number of pyridine rings is 1. The van der Waals surface area contributed by atoms with Crippen molar-refractivity contribution in [2.45, 2.75) is 57.6 Å². The SMILES string of the molecule is CCCC1CCC(NCC(O)c2ccncc2)CC1. The molecule has 106 valence electrons. The van der Waals surface area contributed by atoms with Crippen LogP contribution in [0.3, 0.4) is 0 Å². The molecule has 1 aromatic rings. The van der Waals surface area contributed by atoms with Gasteiger partial charge in [-0.2, -0.15) is 0 Å². The van der Waals surface area contributed by atoms with E-state index in [2.05, 4.69) is 17.2 Å². The highest BCUT2D eigenvalue weighted by molar-refractivity contribution is 5.13. The van der Waals surface area contributed by atoms with Gasteiger partial charge in [0, 0.05) is 25.0 Å². The summed E-state index contributed by atoms with van der Waals surface area (Å²) in [6, 6.07) is 4.35. The molecule has 1 atom stereocenters. The van der Waals surface area contributed by atoms with E-state index in [1.54, 1.807) is 12.4 Å². The van der Waals surface area contributed by atoms with Crippen LogP contribution in [0.2, 0.25) is 0 Å². The van der Waals surface area contributed by atoms with Crippen LogP contribution < -0.4 is 5.32 Å². The van der Waals surface area contributed by atoms with Gasteiger partial charge in [-0.25, -0.2) is 0 Å². The van der Waals surface area contributed by atoms with E-state index in [4.69, 9.17) is 0 Å². The lowest BCUT2D eigenvalue weighted by Crippen LogP contribution is -2.35. The summed E-state index contributed by atoms with van der Waals surface area (Å²) in [4.78, 5) is 3.97. The largest absolute Gasteiger partial charge is 0.387 e. The van der Waals surface area contributed by atoms with E-state index in [1.165, 1.54) is 38.5 Å². The molecule has 1 aromatic heterocycles. The lowest BCUT2D eigenvalue weighted by Gasteiger charge is -2.29. The van der Waals surface area contributed by atoms with Crippen LogP contribution >= 0.6 is 0 Å². The van der Waals surface area contributed by atoms with E-state index >= 15 is 0 Å². The lowest BCUT2D eigenvalue weighted by molar-refractivity contribution is 0.161. The third-order valence-electron chi connectivity index (χ3n) is 4.23. The molecule has 0 amide bonds.